The molecule has 0 radical (unpaired) electrons. The zero-order chi connectivity index (χ0) is 9.68. The van der Waals surface area contributed by atoms with Gasteiger partial charge < -0.3 is 5.43 Å². The van der Waals surface area contributed by atoms with Crippen molar-refractivity contribution < 1.29 is 0 Å². The van der Waals surface area contributed by atoms with Gasteiger partial charge in [-0.15, -0.1) is 11.8 Å². The molecule has 0 aliphatic heterocycles. The van der Waals surface area contributed by atoms with E-state index in [9.17, 15) is 0 Å². The number of thioether (sulfide) groups is 1. The maximum atomic E-state index is 4.11. The largest absolute Gasteiger partial charge is 0.313 e. The molecule has 1 N–H and O–H groups in total. The molecule has 3 heteroatoms. The minimum Gasteiger partial charge on any atom is -0.313 e. The molecule has 70 valence electrons. The molecule has 0 aliphatic rings. The molecule has 0 aliphatic carbocycles. The lowest BCUT2D eigenvalue weighted by Crippen LogP contribution is -2.02. The Morgan fingerprint density at radius 1 is 1.31 bits per heavy atom. The van der Waals surface area contributed by atoms with Crippen molar-refractivity contribution in [2.75, 3.05) is 13.3 Å². The second-order valence-corrected chi connectivity index (χ2v) is 3.53. The predicted octanol–water partition coefficient (Wildman–Crippen LogP) is 2.35. The second-order valence-electron chi connectivity index (χ2n) is 2.65. The summed E-state index contributed by atoms with van der Waals surface area (Å²) in [6, 6.07) is 8.38. The Labute approximate surface area is 83.4 Å². The number of nitrogens with zero attached hydrogens (tertiary/aromatic N) is 1. The Kier molecular flexibility index (Phi) is 3.83. The normalized spacial score (nSPS) is 11.5. The number of hydrazone groups is 1. The summed E-state index contributed by atoms with van der Waals surface area (Å²) in [5, 5.41) is 4.11. The number of nitrogens with one attached hydrogen (secondary N) is 1. The van der Waals surface area contributed by atoms with Gasteiger partial charge in [-0.25, -0.2) is 0 Å². The summed E-state index contributed by atoms with van der Waals surface area (Å²) in [7, 11) is 1.81. The lowest BCUT2D eigenvalue weighted by atomic mass is 10.1. The number of benzene rings is 1. The van der Waals surface area contributed by atoms with E-state index in [-0.39, 0.29) is 0 Å². The molecule has 1 aromatic rings. The molecule has 1 rings (SSSR count). The SMILES string of the molecule is CN/N=C(/C)c1ccc(SC)cc1. The third-order valence-corrected chi connectivity index (χ3v) is 2.53. The van der Waals surface area contributed by atoms with Crippen molar-refractivity contribution in [1.29, 1.82) is 0 Å². The van der Waals surface area contributed by atoms with Gasteiger partial charge in [0.2, 0.25) is 0 Å². The molecule has 13 heavy (non-hydrogen) atoms. The predicted molar refractivity (Wildman–Crippen MR) is 59.5 cm³/mol. The van der Waals surface area contributed by atoms with Crippen molar-refractivity contribution in [2.24, 2.45) is 5.10 Å². The summed E-state index contributed by atoms with van der Waals surface area (Å²) >= 11 is 1.75. The fraction of sp³-hybridized carbons (Fsp3) is 0.300. The van der Waals surface area contributed by atoms with E-state index in [4.69, 9.17) is 0 Å². The summed E-state index contributed by atoms with van der Waals surface area (Å²) in [4.78, 5) is 1.28. The van der Waals surface area contributed by atoms with Crippen molar-refractivity contribution in [2.45, 2.75) is 11.8 Å². The third-order valence-electron chi connectivity index (χ3n) is 1.79. The van der Waals surface area contributed by atoms with Gasteiger partial charge in [0.1, 0.15) is 0 Å². The van der Waals surface area contributed by atoms with E-state index in [1.54, 1.807) is 18.8 Å². The standard InChI is InChI=1S/C10H14N2S/c1-8(12-11-2)9-4-6-10(13-3)7-5-9/h4-7,11H,1-3H3/b12-8-. The van der Waals surface area contributed by atoms with E-state index in [2.05, 4.69) is 41.0 Å². The summed E-state index contributed by atoms with van der Waals surface area (Å²) < 4.78 is 0. The highest BCUT2D eigenvalue weighted by Crippen LogP contribution is 2.15. The fourth-order valence-electron chi connectivity index (χ4n) is 1.06. The van der Waals surface area contributed by atoms with Crippen LogP contribution in [0.1, 0.15) is 12.5 Å². The van der Waals surface area contributed by atoms with E-state index < -0.39 is 0 Å². The lowest BCUT2D eigenvalue weighted by Gasteiger charge is -2.01. The molecule has 1 aromatic carbocycles. The Balaban J connectivity index is 2.85. The van der Waals surface area contributed by atoms with Gasteiger partial charge >= 0.3 is 0 Å². The van der Waals surface area contributed by atoms with Gasteiger partial charge in [-0.05, 0) is 30.9 Å². The zero-order valence-electron chi connectivity index (χ0n) is 8.16. The van der Waals surface area contributed by atoms with Crippen LogP contribution in [0.4, 0.5) is 0 Å². The molecule has 0 aromatic heterocycles. The first-order valence-electron chi connectivity index (χ1n) is 4.13. The van der Waals surface area contributed by atoms with Gasteiger partial charge in [-0.3, -0.25) is 0 Å². The average Bonchev–Trinajstić information content (AvgIpc) is 2.18. The number of hydrogen-bond acceptors (Lipinski definition) is 3. The molecule has 0 spiro atoms. The Hall–Kier alpha value is -0.960. The highest BCUT2D eigenvalue weighted by molar-refractivity contribution is 7.98. The minimum atomic E-state index is 1.01. The van der Waals surface area contributed by atoms with Crippen LogP contribution in [-0.2, 0) is 0 Å². The smallest absolute Gasteiger partial charge is 0.0644 e. The molecule has 0 heterocycles. The van der Waals surface area contributed by atoms with Gasteiger partial charge in [-0.2, -0.15) is 5.10 Å². The Morgan fingerprint density at radius 3 is 2.38 bits per heavy atom. The van der Waals surface area contributed by atoms with E-state index in [0.717, 1.165) is 11.3 Å². The number of hydrogen-bond donors (Lipinski definition) is 1. The average molecular weight is 194 g/mol. The lowest BCUT2D eigenvalue weighted by molar-refractivity contribution is 0.899. The quantitative estimate of drug-likeness (QED) is 0.454. The Morgan fingerprint density at radius 2 is 1.92 bits per heavy atom. The third kappa shape index (κ3) is 2.77. The molecule has 0 saturated heterocycles. The fourth-order valence-corrected chi connectivity index (χ4v) is 1.47. The molecule has 0 fully saturated rings. The van der Waals surface area contributed by atoms with Crippen LogP contribution in [-0.4, -0.2) is 19.0 Å². The van der Waals surface area contributed by atoms with Crippen LogP contribution in [0, 0.1) is 0 Å². The van der Waals surface area contributed by atoms with Crippen LogP contribution in [0.5, 0.6) is 0 Å². The zero-order valence-corrected chi connectivity index (χ0v) is 8.98. The maximum absolute atomic E-state index is 4.11. The first-order chi connectivity index (χ1) is 6.27. The molecule has 2 nitrogen and oxygen atoms in total. The molecule has 0 unspecified atom stereocenters. The Bertz CT molecular complexity index is 290. The van der Waals surface area contributed by atoms with Crippen LogP contribution in [0.2, 0.25) is 0 Å². The van der Waals surface area contributed by atoms with Gasteiger partial charge in [0.25, 0.3) is 0 Å². The van der Waals surface area contributed by atoms with E-state index in [1.165, 1.54) is 4.90 Å². The molecule has 0 amide bonds. The minimum absolute atomic E-state index is 1.01. The first-order valence-corrected chi connectivity index (χ1v) is 5.36. The van der Waals surface area contributed by atoms with Gasteiger partial charge in [0.05, 0.1) is 5.71 Å². The summed E-state index contributed by atoms with van der Waals surface area (Å²) in [6.45, 7) is 1.99. The van der Waals surface area contributed by atoms with Crippen LogP contribution in [0.25, 0.3) is 0 Å². The summed E-state index contributed by atoms with van der Waals surface area (Å²) in [6.07, 6.45) is 2.07. The molecule has 0 atom stereocenters. The monoisotopic (exact) mass is 194 g/mol. The summed E-state index contributed by atoms with van der Waals surface area (Å²) in [5.74, 6) is 0. The van der Waals surface area contributed by atoms with Crippen molar-refractivity contribution in [3.63, 3.8) is 0 Å². The van der Waals surface area contributed by atoms with Gasteiger partial charge in [-0.1, -0.05) is 12.1 Å². The van der Waals surface area contributed by atoms with E-state index in [0.29, 0.717) is 0 Å². The van der Waals surface area contributed by atoms with Crippen LogP contribution < -0.4 is 5.43 Å². The van der Waals surface area contributed by atoms with E-state index >= 15 is 0 Å². The van der Waals surface area contributed by atoms with Crippen molar-refractivity contribution in [3.8, 4) is 0 Å². The van der Waals surface area contributed by atoms with Gasteiger partial charge in [0.15, 0.2) is 0 Å². The molecule has 0 saturated carbocycles. The number of rotatable bonds is 3. The highest BCUT2D eigenvalue weighted by Gasteiger charge is 1.96. The molecule has 0 bridgehead atoms. The van der Waals surface area contributed by atoms with Crippen molar-refractivity contribution in [3.05, 3.63) is 29.8 Å². The highest BCUT2D eigenvalue weighted by atomic mass is 32.2. The topological polar surface area (TPSA) is 24.4 Å². The van der Waals surface area contributed by atoms with Crippen molar-refractivity contribution in [1.82, 2.24) is 5.43 Å². The van der Waals surface area contributed by atoms with Crippen molar-refractivity contribution >= 4 is 17.5 Å². The maximum Gasteiger partial charge on any atom is 0.0644 e. The second kappa shape index (κ2) is 4.92. The van der Waals surface area contributed by atoms with E-state index in [1.807, 2.05) is 6.92 Å². The molecular formula is C10H14N2S. The van der Waals surface area contributed by atoms with Crippen LogP contribution >= 0.6 is 11.8 Å². The van der Waals surface area contributed by atoms with Gasteiger partial charge in [0, 0.05) is 11.9 Å². The molecular weight excluding hydrogens is 180 g/mol. The first kappa shape index (κ1) is 10.1. The van der Waals surface area contributed by atoms with Crippen LogP contribution in [0.3, 0.4) is 0 Å². The summed E-state index contributed by atoms with van der Waals surface area (Å²) in [5.41, 5.74) is 4.95. The van der Waals surface area contributed by atoms with Crippen LogP contribution in [0.15, 0.2) is 34.3 Å².